The number of hydrazine groups is 1. The molecule has 0 saturated heterocycles. The third-order valence-corrected chi connectivity index (χ3v) is 3.78. The number of allylic oxidation sites excluding steroid dienone is 1. The summed E-state index contributed by atoms with van der Waals surface area (Å²) >= 11 is 0. The number of nitrogens with two attached hydrogens (primary N) is 1. The topological polar surface area (TPSA) is 47.3 Å². The van der Waals surface area contributed by atoms with Gasteiger partial charge in [0.05, 0.1) is 12.6 Å². The van der Waals surface area contributed by atoms with E-state index in [-0.39, 0.29) is 6.04 Å². The van der Waals surface area contributed by atoms with E-state index in [9.17, 15) is 0 Å². The first-order chi connectivity index (χ1) is 9.85. The molecule has 3 heteroatoms. The third-order valence-electron chi connectivity index (χ3n) is 3.78. The van der Waals surface area contributed by atoms with Crippen molar-refractivity contribution in [2.75, 3.05) is 6.61 Å². The number of nitrogens with one attached hydrogen (secondary N) is 1. The molecule has 0 aliphatic heterocycles. The first-order valence-electron chi connectivity index (χ1n) is 7.73. The summed E-state index contributed by atoms with van der Waals surface area (Å²) in [6.45, 7) is 2.87. The summed E-state index contributed by atoms with van der Waals surface area (Å²) in [5.41, 5.74) is 5.58. The first-order valence-corrected chi connectivity index (χ1v) is 7.73. The van der Waals surface area contributed by atoms with E-state index in [1.165, 1.54) is 36.8 Å². The summed E-state index contributed by atoms with van der Waals surface area (Å²) in [5.74, 6) is 6.73. The van der Waals surface area contributed by atoms with Gasteiger partial charge in [-0.2, -0.15) is 0 Å². The van der Waals surface area contributed by atoms with E-state index in [0.717, 1.165) is 25.2 Å². The molecule has 1 aliphatic rings. The highest BCUT2D eigenvalue weighted by Gasteiger charge is 2.16. The molecule has 0 radical (unpaired) electrons. The van der Waals surface area contributed by atoms with E-state index in [0.29, 0.717) is 0 Å². The van der Waals surface area contributed by atoms with Gasteiger partial charge in [-0.05, 0) is 49.8 Å². The lowest BCUT2D eigenvalue weighted by atomic mass is 9.95. The molecule has 1 aliphatic carbocycles. The Morgan fingerprint density at radius 2 is 2.20 bits per heavy atom. The normalized spacial score (nSPS) is 17.2. The minimum Gasteiger partial charge on any atom is -0.494 e. The molecule has 2 rings (SSSR count). The molecule has 1 aromatic rings. The van der Waals surface area contributed by atoms with Crippen LogP contribution in [-0.2, 0) is 0 Å². The predicted octanol–water partition coefficient (Wildman–Crippen LogP) is 3.87. The summed E-state index contributed by atoms with van der Waals surface area (Å²) in [4.78, 5) is 0. The maximum atomic E-state index is 5.81. The van der Waals surface area contributed by atoms with Crippen LogP contribution >= 0.6 is 0 Å². The van der Waals surface area contributed by atoms with Crippen molar-refractivity contribution in [1.29, 1.82) is 0 Å². The lowest BCUT2D eigenvalue weighted by Gasteiger charge is -2.20. The Morgan fingerprint density at radius 1 is 1.30 bits per heavy atom. The molecular weight excluding hydrogens is 248 g/mol. The summed E-state index contributed by atoms with van der Waals surface area (Å²) in [6.07, 6.45) is 9.55. The maximum Gasteiger partial charge on any atom is 0.119 e. The quantitative estimate of drug-likeness (QED) is 0.470. The molecule has 1 aromatic carbocycles. The zero-order chi connectivity index (χ0) is 14.2. The van der Waals surface area contributed by atoms with E-state index < -0.39 is 0 Å². The molecule has 0 heterocycles. The number of benzene rings is 1. The number of hydrogen-bond donors (Lipinski definition) is 2. The Hall–Kier alpha value is -1.32. The molecular formula is C17H26N2O. The molecule has 1 unspecified atom stereocenters. The lowest BCUT2D eigenvalue weighted by Crippen LogP contribution is -2.29. The fourth-order valence-corrected chi connectivity index (χ4v) is 2.72. The van der Waals surface area contributed by atoms with Crippen LogP contribution in [0.3, 0.4) is 0 Å². The second kappa shape index (κ2) is 8.08. The molecule has 0 amide bonds. The summed E-state index contributed by atoms with van der Waals surface area (Å²) in [5, 5.41) is 0. The van der Waals surface area contributed by atoms with E-state index in [1.807, 2.05) is 12.1 Å². The second-order valence-electron chi connectivity index (χ2n) is 5.40. The van der Waals surface area contributed by atoms with Gasteiger partial charge < -0.3 is 4.74 Å². The Labute approximate surface area is 122 Å². The van der Waals surface area contributed by atoms with Crippen molar-refractivity contribution in [2.45, 2.75) is 51.5 Å². The van der Waals surface area contributed by atoms with Crippen molar-refractivity contribution < 1.29 is 4.74 Å². The van der Waals surface area contributed by atoms with Crippen LogP contribution in [0, 0.1) is 0 Å². The fourth-order valence-electron chi connectivity index (χ4n) is 2.72. The van der Waals surface area contributed by atoms with Gasteiger partial charge in [0.1, 0.15) is 5.75 Å². The third kappa shape index (κ3) is 4.09. The molecule has 0 bridgehead atoms. The van der Waals surface area contributed by atoms with Gasteiger partial charge in [0.2, 0.25) is 0 Å². The van der Waals surface area contributed by atoms with Crippen LogP contribution in [0.25, 0.3) is 0 Å². The molecule has 110 valence electrons. The van der Waals surface area contributed by atoms with Crippen LogP contribution in [0.4, 0.5) is 0 Å². The van der Waals surface area contributed by atoms with Gasteiger partial charge in [-0.1, -0.05) is 37.1 Å². The van der Waals surface area contributed by atoms with Crippen LogP contribution in [-0.4, -0.2) is 6.61 Å². The van der Waals surface area contributed by atoms with Gasteiger partial charge in [-0.15, -0.1) is 0 Å². The number of hydrogen-bond acceptors (Lipinski definition) is 3. The van der Waals surface area contributed by atoms with Crippen molar-refractivity contribution in [2.24, 2.45) is 5.84 Å². The maximum absolute atomic E-state index is 5.81. The van der Waals surface area contributed by atoms with Crippen molar-refractivity contribution in [1.82, 2.24) is 5.43 Å². The van der Waals surface area contributed by atoms with Gasteiger partial charge in [-0.3, -0.25) is 5.84 Å². The van der Waals surface area contributed by atoms with Gasteiger partial charge in [-0.25, -0.2) is 5.43 Å². The van der Waals surface area contributed by atoms with Gasteiger partial charge in [0.15, 0.2) is 0 Å². The lowest BCUT2D eigenvalue weighted by molar-refractivity contribution is 0.317. The Balaban J connectivity index is 2.15. The molecule has 3 nitrogen and oxygen atoms in total. The Bertz CT molecular complexity index is 442. The molecule has 1 atom stereocenters. The monoisotopic (exact) mass is 274 g/mol. The van der Waals surface area contributed by atoms with Crippen LogP contribution in [0.15, 0.2) is 35.9 Å². The SMILES string of the molecule is CCCOc1cccc(C(NN)C2=CCCCCC2)c1. The largest absolute Gasteiger partial charge is 0.494 e. The highest BCUT2D eigenvalue weighted by Crippen LogP contribution is 2.30. The van der Waals surface area contributed by atoms with Gasteiger partial charge in [0, 0.05) is 0 Å². The zero-order valence-electron chi connectivity index (χ0n) is 12.4. The van der Waals surface area contributed by atoms with Crippen LogP contribution in [0.2, 0.25) is 0 Å². The average Bonchev–Trinajstić information content (AvgIpc) is 2.76. The van der Waals surface area contributed by atoms with Crippen LogP contribution < -0.4 is 16.0 Å². The molecule has 3 N–H and O–H groups in total. The number of rotatable bonds is 6. The minimum atomic E-state index is 0.110. The second-order valence-corrected chi connectivity index (χ2v) is 5.40. The van der Waals surface area contributed by atoms with Crippen molar-refractivity contribution in [3.63, 3.8) is 0 Å². The summed E-state index contributed by atoms with van der Waals surface area (Å²) in [6, 6.07) is 8.38. The Morgan fingerprint density at radius 3 is 3.00 bits per heavy atom. The van der Waals surface area contributed by atoms with Crippen molar-refractivity contribution >= 4 is 0 Å². The van der Waals surface area contributed by atoms with Crippen molar-refractivity contribution in [3.8, 4) is 5.75 Å². The van der Waals surface area contributed by atoms with E-state index in [2.05, 4.69) is 30.6 Å². The molecule has 0 aromatic heterocycles. The average molecular weight is 274 g/mol. The number of ether oxygens (including phenoxy) is 1. The summed E-state index contributed by atoms with van der Waals surface area (Å²) < 4.78 is 5.71. The Kier molecular flexibility index (Phi) is 6.09. The highest BCUT2D eigenvalue weighted by molar-refractivity contribution is 5.35. The van der Waals surface area contributed by atoms with Crippen LogP contribution in [0.5, 0.6) is 5.75 Å². The molecule has 0 spiro atoms. The van der Waals surface area contributed by atoms with Crippen LogP contribution in [0.1, 0.15) is 57.1 Å². The smallest absolute Gasteiger partial charge is 0.119 e. The zero-order valence-corrected chi connectivity index (χ0v) is 12.4. The van der Waals surface area contributed by atoms with Gasteiger partial charge in [0.25, 0.3) is 0 Å². The first kappa shape index (κ1) is 15.1. The van der Waals surface area contributed by atoms with E-state index in [4.69, 9.17) is 10.6 Å². The van der Waals surface area contributed by atoms with E-state index in [1.54, 1.807) is 0 Å². The van der Waals surface area contributed by atoms with Crippen molar-refractivity contribution in [3.05, 3.63) is 41.5 Å². The fraction of sp³-hybridized carbons (Fsp3) is 0.529. The molecule has 20 heavy (non-hydrogen) atoms. The summed E-state index contributed by atoms with van der Waals surface area (Å²) in [7, 11) is 0. The molecule has 0 saturated carbocycles. The minimum absolute atomic E-state index is 0.110. The predicted molar refractivity (Wildman–Crippen MR) is 83.5 cm³/mol. The molecule has 0 fully saturated rings. The highest BCUT2D eigenvalue weighted by atomic mass is 16.5. The van der Waals surface area contributed by atoms with E-state index >= 15 is 0 Å². The standard InChI is InChI=1S/C17H26N2O/c1-2-12-20-16-11-7-10-15(13-16)17(19-18)14-8-5-3-4-6-9-14/h7-8,10-11,13,17,19H,2-6,9,12,18H2,1H3. The van der Waals surface area contributed by atoms with Gasteiger partial charge >= 0.3 is 0 Å².